The Balaban J connectivity index is 1.78. The lowest BCUT2D eigenvalue weighted by atomic mass is 9.98. The molecular weight excluding hydrogens is 375 g/mol. The molecule has 7 nitrogen and oxygen atoms in total. The second kappa shape index (κ2) is 7.16. The van der Waals surface area contributed by atoms with Crippen LogP contribution in [0.2, 0.25) is 0 Å². The summed E-state index contributed by atoms with van der Waals surface area (Å²) in [5.41, 5.74) is 7.23. The van der Waals surface area contributed by atoms with E-state index in [4.69, 9.17) is 5.73 Å². The number of nitro benzene ring substituents is 1. The minimum atomic E-state index is -0.556. The van der Waals surface area contributed by atoms with E-state index in [0.717, 1.165) is 0 Å². The molecule has 3 N–H and O–H groups in total. The van der Waals surface area contributed by atoms with Crippen molar-refractivity contribution >= 4 is 22.1 Å². The summed E-state index contributed by atoms with van der Waals surface area (Å²) in [6.07, 6.45) is 0.147. The predicted molar refractivity (Wildman–Crippen MR) is 108 cm³/mol. The number of aromatic amines is 1. The minimum absolute atomic E-state index is 0.0602. The van der Waals surface area contributed by atoms with Gasteiger partial charge in [0.15, 0.2) is 0 Å². The van der Waals surface area contributed by atoms with Crippen LogP contribution in [0.25, 0.3) is 21.9 Å². The number of hydrogen-bond acceptors (Lipinski definition) is 5. The lowest BCUT2D eigenvalue weighted by Crippen LogP contribution is -2.11. The topological polar surface area (TPSA) is 115 Å². The van der Waals surface area contributed by atoms with Gasteiger partial charge in [-0.2, -0.15) is 5.10 Å². The molecule has 0 fully saturated rings. The summed E-state index contributed by atoms with van der Waals surface area (Å²) in [6.45, 7) is 0. The normalized spacial score (nSPS) is 10.9. The molecule has 0 unspecified atom stereocenters. The van der Waals surface area contributed by atoms with E-state index in [1.165, 1.54) is 18.2 Å². The Kier molecular flexibility index (Phi) is 4.52. The molecule has 0 bridgehead atoms. The van der Waals surface area contributed by atoms with Gasteiger partial charge in [0.05, 0.1) is 16.0 Å². The highest BCUT2D eigenvalue weighted by atomic mass is 19.1. The van der Waals surface area contributed by atoms with Crippen molar-refractivity contribution in [2.75, 3.05) is 5.73 Å². The van der Waals surface area contributed by atoms with E-state index in [9.17, 15) is 19.3 Å². The van der Waals surface area contributed by atoms with Crippen molar-refractivity contribution in [2.24, 2.45) is 0 Å². The minimum Gasteiger partial charge on any atom is -0.393 e. The molecular formula is C21H15FN4O3. The quantitative estimate of drug-likeness (QED) is 0.312. The fourth-order valence-corrected chi connectivity index (χ4v) is 3.26. The molecule has 0 saturated heterocycles. The Bertz CT molecular complexity index is 1320. The first-order valence-corrected chi connectivity index (χ1v) is 8.73. The van der Waals surface area contributed by atoms with E-state index in [1.807, 2.05) is 0 Å². The Hall–Kier alpha value is -4.07. The Morgan fingerprint density at radius 1 is 1.03 bits per heavy atom. The van der Waals surface area contributed by atoms with Crippen molar-refractivity contribution in [1.29, 1.82) is 0 Å². The number of halogens is 1. The summed E-state index contributed by atoms with van der Waals surface area (Å²) in [6, 6.07) is 15.9. The number of hydrogen-bond donors (Lipinski definition) is 2. The van der Waals surface area contributed by atoms with Crippen LogP contribution < -0.4 is 11.3 Å². The number of nitro groups is 1. The molecule has 1 heterocycles. The number of nitrogens with one attached hydrogen (secondary N) is 1. The SMILES string of the molecule is Nc1ccc(-c2ccc(F)c(Cc3n[nH]c(=O)c4ccccc34)c2)cc1[N+](=O)[O-]. The summed E-state index contributed by atoms with van der Waals surface area (Å²) < 4.78 is 14.5. The molecule has 0 amide bonds. The Morgan fingerprint density at radius 2 is 1.72 bits per heavy atom. The summed E-state index contributed by atoms with van der Waals surface area (Å²) in [5, 5.41) is 18.8. The Labute approximate surface area is 163 Å². The Morgan fingerprint density at radius 3 is 2.48 bits per heavy atom. The zero-order chi connectivity index (χ0) is 20.5. The first-order valence-electron chi connectivity index (χ1n) is 8.73. The van der Waals surface area contributed by atoms with Gasteiger partial charge in [-0.05, 0) is 41.0 Å². The highest BCUT2D eigenvalue weighted by molar-refractivity contribution is 5.83. The van der Waals surface area contributed by atoms with Gasteiger partial charge in [-0.1, -0.05) is 30.3 Å². The van der Waals surface area contributed by atoms with Gasteiger partial charge < -0.3 is 5.73 Å². The van der Waals surface area contributed by atoms with Gasteiger partial charge in [-0.3, -0.25) is 14.9 Å². The van der Waals surface area contributed by atoms with E-state index >= 15 is 0 Å². The second-order valence-electron chi connectivity index (χ2n) is 6.56. The van der Waals surface area contributed by atoms with Crippen molar-refractivity contribution in [3.8, 4) is 11.1 Å². The molecule has 0 aliphatic heterocycles. The molecule has 144 valence electrons. The summed E-state index contributed by atoms with van der Waals surface area (Å²) in [7, 11) is 0. The number of nitrogens with two attached hydrogens (primary N) is 1. The molecule has 8 heteroatoms. The first kappa shape index (κ1) is 18.3. The third-order valence-corrected chi connectivity index (χ3v) is 4.74. The number of fused-ring (bicyclic) bond motifs is 1. The van der Waals surface area contributed by atoms with Crippen LogP contribution >= 0.6 is 0 Å². The number of anilines is 1. The number of aromatic nitrogens is 2. The van der Waals surface area contributed by atoms with Gasteiger partial charge in [-0.15, -0.1) is 0 Å². The highest BCUT2D eigenvalue weighted by Gasteiger charge is 2.15. The van der Waals surface area contributed by atoms with Gasteiger partial charge in [0, 0.05) is 17.9 Å². The molecule has 0 saturated carbocycles. The van der Waals surface area contributed by atoms with E-state index in [-0.39, 0.29) is 23.4 Å². The van der Waals surface area contributed by atoms with Gasteiger partial charge in [0.25, 0.3) is 11.2 Å². The van der Waals surface area contributed by atoms with Gasteiger partial charge in [-0.25, -0.2) is 9.49 Å². The summed E-state index contributed by atoms with van der Waals surface area (Å²) >= 11 is 0. The van der Waals surface area contributed by atoms with E-state index in [2.05, 4.69) is 10.2 Å². The predicted octanol–water partition coefficient (Wildman–Crippen LogP) is 3.81. The third-order valence-electron chi connectivity index (χ3n) is 4.74. The molecule has 0 atom stereocenters. The lowest BCUT2D eigenvalue weighted by molar-refractivity contribution is -0.383. The first-order chi connectivity index (χ1) is 13.9. The van der Waals surface area contributed by atoms with Gasteiger partial charge in [0.2, 0.25) is 0 Å². The van der Waals surface area contributed by atoms with Crippen molar-refractivity contribution in [3.63, 3.8) is 0 Å². The van der Waals surface area contributed by atoms with Crippen LogP contribution in [-0.4, -0.2) is 15.1 Å². The van der Waals surface area contributed by atoms with Crippen LogP contribution in [0.15, 0.2) is 65.5 Å². The molecule has 1 aromatic heterocycles. The fourth-order valence-electron chi connectivity index (χ4n) is 3.26. The lowest BCUT2D eigenvalue weighted by Gasteiger charge is -2.09. The maximum Gasteiger partial charge on any atom is 0.292 e. The number of rotatable bonds is 4. The standard InChI is InChI=1S/C21H15FN4O3/c22-17-7-5-12(13-6-8-18(23)20(11-13)26(28)29)9-14(17)10-19-15-3-1-2-4-16(15)21(27)25-24-19/h1-9,11H,10,23H2,(H,25,27). The average molecular weight is 390 g/mol. The zero-order valence-electron chi connectivity index (χ0n) is 15.1. The molecule has 4 rings (SSSR count). The number of nitrogens with zero attached hydrogens (tertiary/aromatic N) is 2. The van der Waals surface area contributed by atoms with E-state index in [1.54, 1.807) is 42.5 Å². The molecule has 0 spiro atoms. The van der Waals surface area contributed by atoms with E-state index in [0.29, 0.717) is 33.2 Å². The summed E-state index contributed by atoms with van der Waals surface area (Å²) in [5.74, 6) is -0.434. The number of H-pyrrole nitrogens is 1. The van der Waals surface area contributed by atoms with Crippen LogP contribution in [-0.2, 0) is 6.42 Å². The molecule has 4 aromatic rings. The molecule has 0 radical (unpaired) electrons. The summed E-state index contributed by atoms with van der Waals surface area (Å²) in [4.78, 5) is 22.5. The molecule has 0 aliphatic rings. The van der Waals surface area contributed by atoms with Crippen LogP contribution in [0.1, 0.15) is 11.3 Å². The van der Waals surface area contributed by atoms with Crippen molar-refractivity contribution < 1.29 is 9.31 Å². The largest absolute Gasteiger partial charge is 0.393 e. The van der Waals surface area contributed by atoms with Gasteiger partial charge in [0.1, 0.15) is 11.5 Å². The monoisotopic (exact) mass is 390 g/mol. The van der Waals surface area contributed by atoms with Crippen LogP contribution in [0.5, 0.6) is 0 Å². The highest BCUT2D eigenvalue weighted by Crippen LogP contribution is 2.30. The van der Waals surface area contributed by atoms with Crippen LogP contribution in [0.3, 0.4) is 0 Å². The second-order valence-corrected chi connectivity index (χ2v) is 6.56. The van der Waals surface area contributed by atoms with Crippen LogP contribution in [0.4, 0.5) is 15.8 Å². The molecule has 0 aliphatic carbocycles. The van der Waals surface area contributed by atoms with E-state index < -0.39 is 10.7 Å². The maximum absolute atomic E-state index is 14.5. The van der Waals surface area contributed by atoms with Crippen molar-refractivity contribution in [2.45, 2.75) is 6.42 Å². The van der Waals surface area contributed by atoms with Crippen molar-refractivity contribution in [3.05, 3.63) is 98.2 Å². The third kappa shape index (κ3) is 3.43. The van der Waals surface area contributed by atoms with Crippen molar-refractivity contribution in [1.82, 2.24) is 10.2 Å². The smallest absolute Gasteiger partial charge is 0.292 e. The maximum atomic E-state index is 14.5. The molecule has 29 heavy (non-hydrogen) atoms. The van der Waals surface area contributed by atoms with Gasteiger partial charge >= 0.3 is 0 Å². The number of nitrogen functional groups attached to an aromatic ring is 1. The van der Waals surface area contributed by atoms with Crippen LogP contribution in [0, 0.1) is 15.9 Å². The zero-order valence-corrected chi connectivity index (χ0v) is 15.1. The molecule has 3 aromatic carbocycles. The number of benzene rings is 3. The fraction of sp³-hybridized carbons (Fsp3) is 0.0476. The average Bonchev–Trinajstić information content (AvgIpc) is 2.72.